The van der Waals surface area contributed by atoms with E-state index in [2.05, 4.69) is 31.0 Å². The van der Waals surface area contributed by atoms with Crippen molar-refractivity contribution in [3.8, 4) is 0 Å². The summed E-state index contributed by atoms with van der Waals surface area (Å²) in [6.45, 7) is 9.81. The maximum Gasteiger partial charge on any atom is 0.164 e. The summed E-state index contributed by atoms with van der Waals surface area (Å²) < 4.78 is 12.9. The standard InChI is InChI=1S/C9H19FN2/c1-9(2,3)7-12-5-4-11-8(10)6-12/h8,11H,4-7H2,1-3H3. The van der Waals surface area contributed by atoms with E-state index in [9.17, 15) is 4.39 Å². The van der Waals surface area contributed by atoms with Crippen molar-refractivity contribution in [3.63, 3.8) is 0 Å². The van der Waals surface area contributed by atoms with Crippen molar-refractivity contribution < 1.29 is 4.39 Å². The molecular formula is C9H19FN2. The van der Waals surface area contributed by atoms with Gasteiger partial charge in [0, 0.05) is 26.2 Å². The van der Waals surface area contributed by atoms with Gasteiger partial charge >= 0.3 is 0 Å². The van der Waals surface area contributed by atoms with E-state index < -0.39 is 6.30 Å². The van der Waals surface area contributed by atoms with Crippen LogP contribution in [-0.2, 0) is 0 Å². The lowest BCUT2D eigenvalue weighted by atomic mass is 9.96. The summed E-state index contributed by atoms with van der Waals surface area (Å²) in [5.41, 5.74) is 0.275. The van der Waals surface area contributed by atoms with Crippen LogP contribution in [0.15, 0.2) is 0 Å². The van der Waals surface area contributed by atoms with Gasteiger partial charge in [0.05, 0.1) is 0 Å². The highest BCUT2D eigenvalue weighted by molar-refractivity contribution is 4.75. The Labute approximate surface area is 74.1 Å². The van der Waals surface area contributed by atoms with E-state index in [1.807, 2.05) is 0 Å². The van der Waals surface area contributed by atoms with E-state index in [1.54, 1.807) is 0 Å². The van der Waals surface area contributed by atoms with Crippen molar-refractivity contribution in [2.24, 2.45) is 5.41 Å². The second-order valence-electron chi connectivity index (χ2n) is 4.72. The quantitative estimate of drug-likeness (QED) is 0.602. The third kappa shape index (κ3) is 3.50. The highest BCUT2D eigenvalue weighted by Crippen LogP contribution is 2.16. The molecule has 2 nitrogen and oxygen atoms in total. The van der Waals surface area contributed by atoms with Crippen molar-refractivity contribution in [2.75, 3.05) is 26.2 Å². The van der Waals surface area contributed by atoms with Crippen LogP contribution in [0.5, 0.6) is 0 Å². The molecular weight excluding hydrogens is 155 g/mol. The Morgan fingerprint density at radius 2 is 2.17 bits per heavy atom. The van der Waals surface area contributed by atoms with Gasteiger partial charge in [-0.25, -0.2) is 4.39 Å². The third-order valence-corrected chi connectivity index (χ3v) is 1.91. The summed E-state index contributed by atoms with van der Waals surface area (Å²) >= 11 is 0. The number of nitrogens with zero attached hydrogens (tertiary/aromatic N) is 1. The van der Waals surface area contributed by atoms with Crippen LogP contribution < -0.4 is 5.32 Å². The molecule has 0 aromatic heterocycles. The van der Waals surface area contributed by atoms with Crippen molar-refractivity contribution in [3.05, 3.63) is 0 Å². The normalized spacial score (nSPS) is 27.5. The number of rotatable bonds is 1. The van der Waals surface area contributed by atoms with E-state index >= 15 is 0 Å². The van der Waals surface area contributed by atoms with Gasteiger partial charge in [-0.15, -0.1) is 0 Å². The zero-order valence-corrected chi connectivity index (χ0v) is 8.23. The molecule has 1 heterocycles. The molecule has 1 saturated heterocycles. The predicted octanol–water partition coefficient (Wildman–Crippen LogP) is 1.23. The third-order valence-electron chi connectivity index (χ3n) is 1.91. The molecule has 72 valence electrons. The van der Waals surface area contributed by atoms with E-state index in [4.69, 9.17) is 0 Å². The molecule has 1 rings (SSSR count). The summed E-state index contributed by atoms with van der Waals surface area (Å²) in [4.78, 5) is 2.18. The van der Waals surface area contributed by atoms with Crippen molar-refractivity contribution >= 4 is 0 Å². The van der Waals surface area contributed by atoms with E-state index in [0.29, 0.717) is 6.54 Å². The van der Waals surface area contributed by atoms with Crippen molar-refractivity contribution in [1.29, 1.82) is 0 Å². The van der Waals surface area contributed by atoms with Crippen LogP contribution in [0.3, 0.4) is 0 Å². The fourth-order valence-electron chi connectivity index (χ4n) is 1.58. The predicted molar refractivity (Wildman–Crippen MR) is 48.8 cm³/mol. The van der Waals surface area contributed by atoms with Gasteiger partial charge in [0.1, 0.15) is 0 Å². The Morgan fingerprint density at radius 1 is 1.50 bits per heavy atom. The first-order valence-corrected chi connectivity index (χ1v) is 4.57. The molecule has 1 N–H and O–H groups in total. The van der Waals surface area contributed by atoms with Gasteiger partial charge < -0.3 is 0 Å². The fraction of sp³-hybridized carbons (Fsp3) is 1.00. The Kier molecular flexibility index (Phi) is 3.07. The Hall–Kier alpha value is -0.150. The summed E-state index contributed by atoms with van der Waals surface area (Å²) in [5.74, 6) is 0. The number of nitrogens with one attached hydrogen (secondary N) is 1. The number of hydrogen-bond acceptors (Lipinski definition) is 2. The first-order chi connectivity index (χ1) is 5.47. The second-order valence-corrected chi connectivity index (χ2v) is 4.72. The molecule has 1 aliphatic rings. The average Bonchev–Trinajstić information content (AvgIpc) is 1.82. The van der Waals surface area contributed by atoms with Gasteiger partial charge in [0.15, 0.2) is 6.30 Å². The molecule has 0 amide bonds. The first kappa shape index (κ1) is 9.93. The van der Waals surface area contributed by atoms with Crippen LogP contribution in [0.1, 0.15) is 20.8 Å². The summed E-state index contributed by atoms with van der Waals surface area (Å²) in [5, 5.41) is 2.79. The minimum atomic E-state index is -0.832. The zero-order chi connectivity index (χ0) is 9.19. The largest absolute Gasteiger partial charge is 0.297 e. The molecule has 0 bridgehead atoms. The van der Waals surface area contributed by atoms with Crippen LogP contribution >= 0.6 is 0 Å². The highest BCUT2D eigenvalue weighted by Gasteiger charge is 2.22. The summed E-state index contributed by atoms with van der Waals surface area (Å²) in [6.07, 6.45) is -0.832. The van der Waals surface area contributed by atoms with Crippen LogP contribution in [0.25, 0.3) is 0 Å². The molecule has 0 saturated carbocycles. The smallest absolute Gasteiger partial charge is 0.164 e. The van der Waals surface area contributed by atoms with E-state index in [0.717, 1.165) is 19.6 Å². The number of alkyl halides is 1. The molecule has 1 fully saturated rings. The summed E-state index contributed by atoms with van der Waals surface area (Å²) in [6, 6.07) is 0. The van der Waals surface area contributed by atoms with Gasteiger partial charge in [0.25, 0.3) is 0 Å². The topological polar surface area (TPSA) is 15.3 Å². The molecule has 0 aromatic rings. The van der Waals surface area contributed by atoms with Crippen LogP contribution in [0.4, 0.5) is 4.39 Å². The maximum absolute atomic E-state index is 12.9. The minimum Gasteiger partial charge on any atom is -0.297 e. The molecule has 12 heavy (non-hydrogen) atoms. The maximum atomic E-state index is 12.9. The Bertz CT molecular complexity index is 142. The lowest BCUT2D eigenvalue weighted by Gasteiger charge is -2.34. The zero-order valence-electron chi connectivity index (χ0n) is 8.23. The Morgan fingerprint density at radius 3 is 2.67 bits per heavy atom. The SMILES string of the molecule is CC(C)(C)CN1CCNC(F)C1. The highest BCUT2D eigenvalue weighted by atomic mass is 19.1. The van der Waals surface area contributed by atoms with Crippen molar-refractivity contribution in [1.82, 2.24) is 10.2 Å². The van der Waals surface area contributed by atoms with Crippen LogP contribution in [0, 0.1) is 5.41 Å². The Balaban J connectivity index is 2.32. The van der Waals surface area contributed by atoms with Gasteiger partial charge in [-0.05, 0) is 5.41 Å². The lowest BCUT2D eigenvalue weighted by Crippen LogP contribution is -2.50. The fourth-order valence-corrected chi connectivity index (χ4v) is 1.58. The van der Waals surface area contributed by atoms with Crippen LogP contribution in [-0.4, -0.2) is 37.4 Å². The number of piperazine rings is 1. The van der Waals surface area contributed by atoms with Gasteiger partial charge in [-0.3, -0.25) is 10.2 Å². The first-order valence-electron chi connectivity index (χ1n) is 4.57. The average molecular weight is 174 g/mol. The van der Waals surface area contributed by atoms with E-state index in [1.165, 1.54) is 0 Å². The molecule has 1 unspecified atom stereocenters. The molecule has 0 radical (unpaired) electrons. The van der Waals surface area contributed by atoms with Gasteiger partial charge in [-0.1, -0.05) is 20.8 Å². The van der Waals surface area contributed by atoms with E-state index in [-0.39, 0.29) is 5.41 Å². The lowest BCUT2D eigenvalue weighted by molar-refractivity contribution is 0.0954. The van der Waals surface area contributed by atoms with Gasteiger partial charge in [-0.2, -0.15) is 0 Å². The van der Waals surface area contributed by atoms with Gasteiger partial charge in [0.2, 0.25) is 0 Å². The molecule has 3 heteroatoms. The minimum absolute atomic E-state index is 0.275. The molecule has 0 spiro atoms. The molecule has 1 atom stereocenters. The summed E-state index contributed by atoms with van der Waals surface area (Å²) in [7, 11) is 0. The number of hydrogen-bond donors (Lipinski definition) is 1. The second kappa shape index (κ2) is 3.71. The molecule has 0 aromatic carbocycles. The van der Waals surface area contributed by atoms with Crippen molar-refractivity contribution in [2.45, 2.75) is 27.1 Å². The number of halogens is 1. The van der Waals surface area contributed by atoms with Crippen LogP contribution in [0.2, 0.25) is 0 Å². The molecule has 0 aliphatic carbocycles. The molecule has 1 aliphatic heterocycles. The monoisotopic (exact) mass is 174 g/mol.